The van der Waals surface area contributed by atoms with Crippen molar-refractivity contribution in [1.29, 1.82) is 0 Å². The zero-order valence-corrected chi connectivity index (χ0v) is 13.6. The van der Waals surface area contributed by atoms with Gasteiger partial charge in [-0.3, -0.25) is 14.5 Å². The molecule has 0 spiro atoms. The zero-order chi connectivity index (χ0) is 15.0. The van der Waals surface area contributed by atoms with Gasteiger partial charge in [0, 0.05) is 11.5 Å². The first-order chi connectivity index (χ1) is 10.0. The number of nitrogens with one attached hydrogen (secondary N) is 2. The molecule has 3 rings (SSSR count). The van der Waals surface area contributed by atoms with E-state index >= 15 is 0 Å². The second-order valence-electron chi connectivity index (χ2n) is 6.96. The average Bonchev–Trinajstić information content (AvgIpc) is 3.15. The second-order valence-corrected chi connectivity index (χ2v) is 7.35. The fourth-order valence-electron chi connectivity index (χ4n) is 3.43. The summed E-state index contributed by atoms with van der Waals surface area (Å²) in [7, 11) is 0. The fourth-order valence-corrected chi connectivity index (χ4v) is 3.73. The summed E-state index contributed by atoms with van der Waals surface area (Å²) in [6.07, 6.45) is 6.51. The Morgan fingerprint density at radius 3 is 2.76 bits per heavy atom. The molecule has 1 aromatic rings. The number of carbonyl (C=O) groups is 1. The normalized spacial score (nSPS) is 20.3. The molecule has 0 unspecified atom stereocenters. The molecular weight excluding hydrogens is 284 g/mol. The summed E-state index contributed by atoms with van der Waals surface area (Å²) >= 11 is 5.27. The lowest BCUT2D eigenvalue weighted by Gasteiger charge is -2.41. The quantitative estimate of drug-likeness (QED) is 0.794. The maximum atomic E-state index is 12.6. The molecule has 0 aliphatic heterocycles. The van der Waals surface area contributed by atoms with Crippen molar-refractivity contribution in [2.24, 2.45) is 11.3 Å². The lowest BCUT2D eigenvalue weighted by molar-refractivity contribution is -0.137. The molecule has 2 N–H and O–H groups in total. The molecule has 0 saturated heterocycles. The van der Waals surface area contributed by atoms with Gasteiger partial charge in [-0.1, -0.05) is 20.3 Å². The standard InChI is InChI=1S/C15H24N4OS/c1-10(2)8-15(6-3-7-15)13(20)16-9-12-17-18-14(21)19(12)11-4-5-11/h10-11H,3-9H2,1-2H3,(H,16,20)(H,18,21). The van der Waals surface area contributed by atoms with Gasteiger partial charge in [0.05, 0.1) is 6.54 Å². The number of hydrogen-bond donors (Lipinski definition) is 2. The van der Waals surface area contributed by atoms with Gasteiger partial charge in [-0.15, -0.1) is 0 Å². The van der Waals surface area contributed by atoms with Crippen molar-refractivity contribution in [1.82, 2.24) is 20.1 Å². The van der Waals surface area contributed by atoms with E-state index in [2.05, 4.69) is 33.9 Å². The van der Waals surface area contributed by atoms with Crippen LogP contribution >= 0.6 is 12.2 Å². The monoisotopic (exact) mass is 308 g/mol. The maximum absolute atomic E-state index is 12.6. The molecule has 0 bridgehead atoms. The fraction of sp³-hybridized carbons (Fsp3) is 0.800. The third-order valence-corrected chi connectivity index (χ3v) is 4.98. The van der Waals surface area contributed by atoms with Crippen molar-refractivity contribution < 1.29 is 4.79 Å². The Kier molecular flexibility index (Phi) is 3.90. The predicted octanol–water partition coefficient (Wildman–Crippen LogP) is 3.11. The van der Waals surface area contributed by atoms with Crippen molar-refractivity contribution >= 4 is 18.1 Å². The molecule has 1 aromatic heterocycles. The Morgan fingerprint density at radius 1 is 1.52 bits per heavy atom. The van der Waals surface area contributed by atoms with Crippen LogP contribution in [-0.4, -0.2) is 20.7 Å². The first-order valence-electron chi connectivity index (χ1n) is 7.96. The van der Waals surface area contributed by atoms with Gasteiger partial charge in [0.1, 0.15) is 0 Å². The van der Waals surface area contributed by atoms with E-state index < -0.39 is 0 Å². The van der Waals surface area contributed by atoms with Crippen LogP contribution in [0.1, 0.15) is 64.2 Å². The number of aromatic amines is 1. The highest BCUT2D eigenvalue weighted by molar-refractivity contribution is 7.71. The van der Waals surface area contributed by atoms with Crippen LogP contribution in [0, 0.1) is 16.1 Å². The third-order valence-electron chi connectivity index (χ3n) is 4.69. The number of amides is 1. The van der Waals surface area contributed by atoms with Crippen molar-refractivity contribution in [3.05, 3.63) is 10.6 Å². The molecule has 1 amide bonds. The molecule has 5 nitrogen and oxygen atoms in total. The zero-order valence-electron chi connectivity index (χ0n) is 12.8. The van der Waals surface area contributed by atoms with Gasteiger partial charge in [-0.05, 0) is 50.2 Å². The minimum absolute atomic E-state index is 0.133. The number of aromatic nitrogens is 3. The van der Waals surface area contributed by atoms with Crippen LogP contribution in [0.3, 0.4) is 0 Å². The third kappa shape index (κ3) is 2.91. The van der Waals surface area contributed by atoms with Crippen molar-refractivity contribution in [2.45, 2.75) is 65.0 Å². The van der Waals surface area contributed by atoms with Crippen LogP contribution in [0.2, 0.25) is 0 Å². The van der Waals surface area contributed by atoms with Crippen LogP contribution in [0.25, 0.3) is 0 Å². The molecular formula is C15H24N4OS. The van der Waals surface area contributed by atoms with E-state index in [4.69, 9.17) is 12.2 Å². The van der Waals surface area contributed by atoms with E-state index in [1.54, 1.807) is 0 Å². The first-order valence-corrected chi connectivity index (χ1v) is 8.37. The lowest BCUT2D eigenvalue weighted by Crippen LogP contribution is -2.46. The molecule has 2 aliphatic carbocycles. The molecule has 2 fully saturated rings. The molecule has 2 saturated carbocycles. The summed E-state index contributed by atoms with van der Waals surface area (Å²) in [5, 5.41) is 10.2. The van der Waals surface area contributed by atoms with Crippen LogP contribution < -0.4 is 5.32 Å². The van der Waals surface area contributed by atoms with Crippen LogP contribution in [-0.2, 0) is 11.3 Å². The molecule has 0 aromatic carbocycles. The summed E-state index contributed by atoms with van der Waals surface area (Å²) in [6, 6.07) is 0.483. The first kappa shape index (κ1) is 14.8. The number of carbonyl (C=O) groups excluding carboxylic acids is 1. The number of rotatable bonds is 6. The van der Waals surface area contributed by atoms with Crippen molar-refractivity contribution in [3.8, 4) is 0 Å². The highest BCUT2D eigenvalue weighted by Gasteiger charge is 2.44. The van der Waals surface area contributed by atoms with E-state index in [1.807, 2.05) is 0 Å². The van der Waals surface area contributed by atoms with E-state index in [-0.39, 0.29) is 11.3 Å². The Hall–Kier alpha value is -1.17. The van der Waals surface area contributed by atoms with Gasteiger partial charge in [-0.2, -0.15) is 5.10 Å². The highest BCUT2D eigenvalue weighted by atomic mass is 32.1. The molecule has 6 heteroatoms. The summed E-state index contributed by atoms with van der Waals surface area (Å²) in [6.45, 7) is 4.85. The molecule has 21 heavy (non-hydrogen) atoms. The summed E-state index contributed by atoms with van der Waals surface area (Å²) < 4.78 is 2.73. The van der Waals surface area contributed by atoms with Gasteiger partial charge < -0.3 is 5.32 Å². The van der Waals surface area contributed by atoms with Crippen molar-refractivity contribution in [3.63, 3.8) is 0 Å². The van der Waals surface area contributed by atoms with Gasteiger partial charge in [0.2, 0.25) is 5.91 Å². The maximum Gasteiger partial charge on any atom is 0.226 e. The van der Waals surface area contributed by atoms with Gasteiger partial charge >= 0.3 is 0 Å². The molecule has 0 radical (unpaired) electrons. The Balaban J connectivity index is 1.64. The SMILES string of the molecule is CC(C)CC1(C(=O)NCc2n[nH]c(=S)n2C2CC2)CCC1. The summed E-state index contributed by atoms with van der Waals surface area (Å²) in [5.41, 5.74) is -0.133. The highest BCUT2D eigenvalue weighted by Crippen LogP contribution is 2.46. The molecule has 116 valence electrons. The van der Waals surface area contributed by atoms with Gasteiger partial charge in [0.15, 0.2) is 10.6 Å². The molecule has 1 heterocycles. The van der Waals surface area contributed by atoms with Crippen LogP contribution in [0.4, 0.5) is 0 Å². The average molecular weight is 308 g/mol. The minimum Gasteiger partial charge on any atom is -0.348 e. The molecule has 0 atom stereocenters. The Labute approximate surface area is 130 Å². The van der Waals surface area contributed by atoms with E-state index in [0.717, 1.165) is 37.9 Å². The summed E-state index contributed by atoms with van der Waals surface area (Å²) in [4.78, 5) is 12.6. The van der Waals surface area contributed by atoms with Gasteiger partial charge in [0.25, 0.3) is 0 Å². The van der Waals surface area contributed by atoms with Gasteiger partial charge in [-0.25, -0.2) is 0 Å². The van der Waals surface area contributed by atoms with Crippen LogP contribution in [0.5, 0.6) is 0 Å². The predicted molar refractivity (Wildman–Crippen MR) is 83.3 cm³/mol. The second kappa shape index (κ2) is 5.55. The van der Waals surface area contributed by atoms with Crippen LogP contribution in [0.15, 0.2) is 0 Å². The lowest BCUT2D eigenvalue weighted by atomic mass is 9.64. The largest absolute Gasteiger partial charge is 0.348 e. The van der Waals surface area contributed by atoms with E-state index in [9.17, 15) is 4.79 Å². The smallest absolute Gasteiger partial charge is 0.226 e. The van der Waals surface area contributed by atoms with E-state index in [1.165, 1.54) is 6.42 Å². The Bertz CT molecular complexity index is 581. The van der Waals surface area contributed by atoms with Crippen molar-refractivity contribution in [2.75, 3.05) is 0 Å². The minimum atomic E-state index is -0.133. The topological polar surface area (TPSA) is 62.7 Å². The Morgan fingerprint density at radius 2 is 2.24 bits per heavy atom. The molecule has 2 aliphatic rings. The number of nitrogens with zero attached hydrogens (tertiary/aromatic N) is 2. The summed E-state index contributed by atoms with van der Waals surface area (Å²) in [5.74, 6) is 1.60. The van der Waals surface area contributed by atoms with E-state index in [0.29, 0.717) is 23.3 Å². The number of H-pyrrole nitrogens is 1. The number of hydrogen-bond acceptors (Lipinski definition) is 3.